The molecule has 0 bridgehead atoms. The first-order chi connectivity index (χ1) is 17.6. The van der Waals surface area contributed by atoms with Gasteiger partial charge in [0, 0.05) is 21.7 Å². The maximum absolute atomic E-state index is 13.5. The third kappa shape index (κ3) is 4.06. The summed E-state index contributed by atoms with van der Waals surface area (Å²) in [5.41, 5.74) is -2.36. The number of hydrogen-bond donors (Lipinski definition) is 0. The number of halogens is 6. The van der Waals surface area contributed by atoms with Crippen molar-refractivity contribution in [2.24, 2.45) is 0 Å². The largest absolute Gasteiger partial charge is 0.454 e. The van der Waals surface area contributed by atoms with Crippen LogP contribution in [-0.4, -0.2) is 10.2 Å². The molecule has 0 saturated carbocycles. The lowest BCUT2D eigenvalue weighted by Gasteiger charge is -2.15. The number of benzene rings is 4. The van der Waals surface area contributed by atoms with E-state index in [-0.39, 0.29) is 17.3 Å². The fourth-order valence-electron chi connectivity index (χ4n) is 4.43. The van der Waals surface area contributed by atoms with Gasteiger partial charge in [0.1, 0.15) is 17.0 Å². The SMILES string of the molecule is FC(F)(F)c1cc(-c2nnc(-c3cc4ccccc4o3)c3cc4ccccc4cc23)cc(C(F)(F)F)c1. The quantitative estimate of drug-likeness (QED) is 0.173. The summed E-state index contributed by atoms with van der Waals surface area (Å²) in [6.07, 6.45) is -9.97. The van der Waals surface area contributed by atoms with Crippen molar-refractivity contribution in [1.82, 2.24) is 10.2 Å². The molecule has 6 rings (SSSR count). The predicted molar refractivity (Wildman–Crippen MR) is 128 cm³/mol. The number of para-hydroxylation sites is 1. The Kier molecular flexibility index (Phi) is 5.01. The fraction of sp³-hybridized carbons (Fsp3) is 0.0714. The van der Waals surface area contributed by atoms with E-state index in [0.717, 1.165) is 16.2 Å². The van der Waals surface area contributed by atoms with Crippen LogP contribution in [0.25, 0.3) is 55.2 Å². The Balaban J connectivity index is 1.67. The molecule has 0 amide bonds. The lowest BCUT2D eigenvalue weighted by atomic mass is 9.96. The lowest BCUT2D eigenvalue weighted by Crippen LogP contribution is -2.11. The van der Waals surface area contributed by atoms with Gasteiger partial charge < -0.3 is 4.42 Å². The summed E-state index contributed by atoms with van der Waals surface area (Å²) in [4.78, 5) is 0. The van der Waals surface area contributed by atoms with Gasteiger partial charge >= 0.3 is 12.4 Å². The lowest BCUT2D eigenvalue weighted by molar-refractivity contribution is -0.143. The van der Waals surface area contributed by atoms with E-state index in [1.807, 2.05) is 30.3 Å². The van der Waals surface area contributed by atoms with Gasteiger partial charge in [-0.25, -0.2) is 0 Å². The molecule has 0 N–H and O–H groups in total. The van der Waals surface area contributed by atoms with E-state index in [1.54, 1.807) is 36.4 Å². The molecule has 0 aliphatic rings. The van der Waals surface area contributed by atoms with Crippen molar-refractivity contribution < 1.29 is 30.8 Å². The van der Waals surface area contributed by atoms with E-state index in [2.05, 4.69) is 10.2 Å². The van der Waals surface area contributed by atoms with Crippen LogP contribution in [0.1, 0.15) is 11.1 Å². The highest BCUT2D eigenvalue weighted by Crippen LogP contribution is 2.41. The molecule has 0 aliphatic carbocycles. The second kappa shape index (κ2) is 8.06. The Hall–Kier alpha value is -4.40. The van der Waals surface area contributed by atoms with Crippen molar-refractivity contribution in [1.29, 1.82) is 0 Å². The van der Waals surface area contributed by atoms with E-state index in [4.69, 9.17) is 4.42 Å². The van der Waals surface area contributed by atoms with Crippen LogP contribution in [0.4, 0.5) is 26.3 Å². The summed E-state index contributed by atoms with van der Waals surface area (Å²) < 4.78 is 87.2. The molecule has 0 atom stereocenters. The standard InChI is InChI=1S/C28H14F6N2O/c29-27(30,31)19-9-18(10-20(14-19)28(32,33)34)25-21-11-15-5-1-2-6-16(15)12-22(21)26(36-35-25)24-13-17-7-3-4-8-23(17)37-24/h1-14H. The highest BCUT2D eigenvalue weighted by atomic mass is 19.4. The van der Waals surface area contributed by atoms with Gasteiger partial charge in [0.05, 0.1) is 11.1 Å². The van der Waals surface area contributed by atoms with E-state index in [0.29, 0.717) is 39.9 Å². The molecule has 37 heavy (non-hydrogen) atoms. The van der Waals surface area contributed by atoms with Crippen LogP contribution in [-0.2, 0) is 12.4 Å². The number of aromatic nitrogens is 2. The van der Waals surface area contributed by atoms with Crippen LogP contribution in [0.2, 0.25) is 0 Å². The Morgan fingerprint density at radius 2 is 1.05 bits per heavy atom. The molecule has 0 aliphatic heterocycles. The third-order valence-electron chi connectivity index (χ3n) is 6.17. The third-order valence-corrected chi connectivity index (χ3v) is 6.17. The van der Waals surface area contributed by atoms with Crippen molar-refractivity contribution in [3.63, 3.8) is 0 Å². The average molecular weight is 508 g/mol. The topological polar surface area (TPSA) is 38.9 Å². The van der Waals surface area contributed by atoms with E-state index < -0.39 is 23.5 Å². The zero-order chi connectivity index (χ0) is 25.9. The molecule has 0 unspecified atom stereocenters. The average Bonchev–Trinajstić information content (AvgIpc) is 3.29. The summed E-state index contributed by atoms with van der Waals surface area (Å²) in [5, 5.41) is 11.5. The van der Waals surface area contributed by atoms with Crippen molar-refractivity contribution >= 4 is 32.5 Å². The van der Waals surface area contributed by atoms with Gasteiger partial charge in [-0.05, 0) is 53.2 Å². The van der Waals surface area contributed by atoms with Crippen LogP contribution < -0.4 is 0 Å². The van der Waals surface area contributed by atoms with E-state index >= 15 is 0 Å². The van der Waals surface area contributed by atoms with Crippen molar-refractivity contribution in [2.45, 2.75) is 12.4 Å². The van der Waals surface area contributed by atoms with E-state index in [9.17, 15) is 26.3 Å². The Bertz CT molecular complexity index is 1750. The molecule has 9 heteroatoms. The van der Waals surface area contributed by atoms with Crippen molar-refractivity contribution in [3.8, 4) is 22.7 Å². The van der Waals surface area contributed by atoms with Gasteiger partial charge in [-0.3, -0.25) is 0 Å². The first-order valence-corrected chi connectivity index (χ1v) is 11.1. The molecular weight excluding hydrogens is 494 g/mol. The number of alkyl halides is 6. The molecule has 6 aromatic rings. The second-order valence-corrected chi connectivity index (χ2v) is 8.59. The number of rotatable bonds is 2. The minimum atomic E-state index is -4.99. The van der Waals surface area contributed by atoms with Crippen molar-refractivity contribution in [2.75, 3.05) is 0 Å². The van der Waals surface area contributed by atoms with Gasteiger partial charge in [-0.1, -0.05) is 42.5 Å². The summed E-state index contributed by atoms with van der Waals surface area (Å²) in [6, 6.07) is 21.2. The fourth-order valence-corrected chi connectivity index (χ4v) is 4.43. The monoisotopic (exact) mass is 508 g/mol. The van der Waals surface area contributed by atoms with Gasteiger partial charge in [-0.2, -0.15) is 26.3 Å². The number of furan rings is 1. The molecule has 4 aromatic carbocycles. The Morgan fingerprint density at radius 3 is 1.62 bits per heavy atom. The summed E-state index contributed by atoms with van der Waals surface area (Å²) in [6.45, 7) is 0. The summed E-state index contributed by atoms with van der Waals surface area (Å²) in [5.74, 6) is 0.376. The number of nitrogens with zero attached hydrogens (tertiary/aromatic N) is 2. The van der Waals surface area contributed by atoms with Crippen LogP contribution in [0.15, 0.2) is 89.3 Å². The molecular formula is C28H14F6N2O. The van der Waals surface area contributed by atoms with Crippen LogP contribution in [0, 0.1) is 0 Å². The number of hydrogen-bond acceptors (Lipinski definition) is 3. The zero-order valence-electron chi connectivity index (χ0n) is 18.7. The Morgan fingerprint density at radius 1 is 0.541 bits per heavy atom. The van der Waals surface area contributed by atoms with Gasteiger partial charge in [0.15, 0.2) is 5.76 Å². The molecule has 184 valence electrons. The van der Waals surface area contributed by atoms with Gasteiger partial charge in [0.25, 0.3) is 0 Å². The zero-order valence-corrected chi connectivity index (χ0v) is 18.7. The molecule has 0 spiro atoms. The van der Waals surface area contributed by atoms with Gasteiger partial charge in [0.2, 0.25) is 0 Å². The van der Waals surface area contributed by atoms with E-state index in [1.165, 1.54) is 0 Å². The smallest absolute Gasteiger partial charge is 0.416 e. The van der Waals surface area contributed by atoms with Crippen LogP contribution in [0.5, 0.6) is 0 Å². The predicted octanol–water partition coefficient (Wildman–Crippen LogP) is 8.90. The molecule has 0 fully saturated rings. The van der Waals surface area contributed by atoms with Crippen LogP contribution >= 0.6 is 0 Å². The summed E-state index contributed by atoms with van der Waals surface area (Å²) >= 11 is 0. The molecule has 3 nitrogen and oxygen atoms in total. The minimum Gasteiger partial charge on any atom is -0.454 e. The molecule has 0 radical (unpaired) electrons. The number of fused-ring (bicyclic) bond motifs is 3. The maximum atomic E-state index is 13.5. The molecule has 2 heterocycles. The van der Waals surface area contributed by atoms with Crippen molar-refractivity contribution in [3.05, 3.63) is 96.1 Å². The molecule has 2 aromatic heterocycles. The first-order valence-electron chi connectivity index (χ1n) is 11.1. The first kappa shape index (κ1) is 23.0. The normalized spacial score (nSPS) is 12.6. The minimum absolute atomic E-state index is 0.0945. The second-order valence-electron chi connectivity index (χ2n) is 8.59. The highest BCUT2D eigenvalue weighted by molar-refractivity contribution is 6.08. The summed E-state index contributed by atoms with van der Waals surface area (Å²) in [7, 11) is 0. The highest BCUT2D eigenvalue weighted by Gasteiger charge is 2.37. The van der Waals surface area contributed by atoms with Crippen LogP contribution in [0.3, 0.4) is 0 Å². The maximum Gasteiger partial charge on any atom is 0.416 e. The van der Waals surface area contributed by atoms with Gasteiger partial charge in [-0.15, -0.1) is 10.2 Å². The molecule has 0 saturated heterocycles. The Labute approximate surface area is 205 Å².